The highest BCUT2D eigenvalue weighted by atomic mass is 19.4. The SMILES string of the molecule is CCOCCCN(CC(F)(F)F)C(=O)C(N)C(C)(C)C. The van der Waals surface area contributed by atoms with Crippen molar-refractivity contribution in [1.82, 2.24) is 4.90 Å². The lowest BCUT2D eigenvalue weighted by Gasteiger charge is -2.32. The number of nitrogens with zero attached hydrogens (tertiary/aromatic N) is 1. The number of hydrogen-bond acceptors (Lipinski definition) is 3. The molecule has 0 aromatic rings. The summed E-state index contributed by atoms with van der Waals surface area (Å²) in [6, 6.07) is -0.961. The predicted octanol–water partition coefficient (Wildman–Crippen LogP) is 2.18. The van der Waals surface area contributed by atoms with E-state index < -0.39 is 30.1 Å². The molecular weight excluding hydrogens is 273 g/mol. The van der Waals surface area contributed by atoms with E-state index in [4.69, 9.17) is 10.5 Å². The first-order valence-corrected chi connectivity index (χ1v) is 6.68. The number of carbonyl (C=O) groups is 1. The highest BCUT2D eigenvalue weighted by molar-refractivity contribution is 5.82. The molecule has 0 rings (SSSR count). The van der Waals surface area contributed by atoms with Gasteiger partial charge in [0.25, 0.3) is 0 Å². The third-order valence-electron chi connectivity index (χ3n) is 2.80. The number of halogens is 3. The Balaban J connectivity index is 4.70. The molecule has 0 saturated heterocycles. The predicted molar refractivity (Wildman–Crippen MR) is 71.2 cm³/mol. The number of carbonyl (C=O) groups excluding carboxylic acids is 1. The Labute approximate surface area is 118 Å². The van der Waals surface area contributed by atoms with Gasteiger partial charge in [-0.3, -0.25) is 4.79 Å². The molecule has 0 radical (unpaired) electrons. The minimum Gasteiger partial charge on any atom is -0.382 e. The van der Waals surface area contributed by atoms with Crippen molar-refractivity contribution in [3.63, 3.8) is 0 Å². The molecule has 1 atom stereocenters. The number of ether oxygens (including phenoxy) is 1. The van der Waals surface area contributed by atoms with Crippen LogP contribution in [0.15, 0.2) is 0 Å². The van der Waals surface area contributed by atoms with Gasteiger partial charge in [-0.15, -0.1) is 0 Å². The zero-order chi connectivity index (χ0) is 16.0. The summed E-state index contributed by atoms with van der Waals surface area (Å²) >= 11 is 0. The molecule has 1 amide bonds. The van der Waals surface area contributed by atoms with Crippen molar-refractivity contribution in [3.05, 3.63) is 0 Å². The molecule has 0 aliphatic carbocycles. The monoisotopic (exact) mass is 298 g/mol. The minimum atomic E-state index is -4.43. The van der Waals surface area contributed by atoms with Gasteiger partial charge >= 0.3 is 6.18 Å². The first kappa shape index (κ1) is 19.2. The van der Waals surface area contributed by atoms with E-state index in [2.05, 4.69) is 0 Å². The topological polar surface area (TPSA) is 55.6 Å². The van der Waals surface area contributed by atoms with E-state index in [-0.39, 0.29) is 6.54 Å². The molecule has 20 heavy (non-hydrogen) atoms. The van der Waals surface area contributed by atoms with Crippen LogP contribution in [-0.2, 0) is 9.53 Å². The molecule has 0 aromatic carbocycles. The van der Waals surface area contributed by atoms with Crippen LogP contribution in [0, 0.1) is 5.41 Å². The van der Waals surface area contributed by atoms with Crippen LogP contribution in [0.1, 0.15) is 34.1 Å². The van der Waals surface area contributed by atoms with Crippen LogP contribution in [-0.4, -0.2) is 49.3 Å². The van der Waals surface area contributed by atoms with Crippen molar-refractivity contribution in [3.8, 4) is 0 Å². The van der Waals surface area contributed by atoms with E-state index in [0.717, 1.165) is 4.90 Å². The Morgan fingerprint density at radius 3 is 2.25 bits per heavy atom. The van der Waals surface area contributed by atoms with Crippen LogP contribution in [0.5, 0.6) is 0 Å². The average Bonchev–Trinajstić information content (AvgIpc) is 2.28. The van der Waals surface area contributed by atoms with E-state index in [1.54, 1.807) is 27.7 Å². The minimum absolute atomic E-state index is 0.0118. The summed E-state index contributed by atoms with van der Waals surface area (Å²) in [5.41, 5.74) is 5.17. The summed E-state index contributed by atoms with van der Waals surface area (Å²) in [6.45, 7) is 6.50. The zero-order valence-electron chi connectivity index (χ0n) is 12.6. The quantitative estimate of drug-likeness (QED) is 0.733. The second-order valence-electron chi connectivity index (χ2n) is 5.77. The van der Waals surface area contributed by atoms with Gasteiger partial charge in [0.2, 0.25) is 5.91 Å². The van der Waals surface area contributed by atoms with Crippen LogP contribution in [0.3, 0.4) is 0 Å². The molecule has 120 valence electrons. The second kappa shape index (κ2) is 7.83. The standard InChI is InChI=1S/C13H25F3N2O2/c1-5-20-8-6-7-18(9-13(14,15)16)11(19)10(17)12(2,3)4/h10H,5-9,17H2,1-4H3. The van der Waals surface area contributed by atoms with Crippen molar-refractivity contribution in [2.75, 3.05) is 26.3 Å². The van der Waals surface area contributed by atoms with Crippen molar-refractivity contribution in [2.24, 2.45) is 11.1 Å². The van der Waals surface area contributed by atoms with Crippen LogP contribution in [0.25, 0.3) is 0 Å². The van der Waals surface area contributed by atoms with E-state index in [9.17, 15) is 18.0 Å². The Morgan fingerprint density at radius 2 is 1.85 bits per heavy atom. The molecule has 0 bridgehead atoms. The molecule has 0 fully saturated rings. The molecule has 0 aliphatic rings. The zero-order valence-corrected chi connectivity index (χ0v) is 12.6. The van der Waals surface area contributed by atoms with Crippen molar-refractivity contribution in [2.45, 2.75) is 46.3 Å². The summed E-state index contributed by atoms with van der Waals surface area (Å²) in [6.07, 6.45) is -4.08. The summed E-state index contributed by atoms with van der Waals surface area (Å²) in [5.74, 6) is -0.675. The molecule has 0 aromatic heterocycles. The Bertz CT molecular complexity index is 301. The van der Waals surface area contributed by atoms with Crippen LogP contribution >= 0.6 is 0 Å². The summed E-state index contributed by atoms with van der Waals surface area (Å²) in [4.78, 5) is 12.9. The lowest BCUT2D eigenvalue weighted by atomic mass is 9.86. The van der Waals surface area contributed by atoms with E-state index >= 15 is 0 Å². The number of hydrogen-bond donors (Lipinski definition) is 1. The number of rotatable bonds is 7. The summed E-state index contributed by atoms with van der Waals surface area (Å²) in [7, 11) is 0. The van der Waals surface area contributed by atoms with Gasteiger partial charge in [-0.2, -0.15) is 13.2 Å². The first-order chi connectivity index (χ1) is 8.99. The first-order valence-electron chi connectivity index (χ1n) is 6.68. The fourth-order valence-electron chi connectivity index (χ4n) is 1.55. The maximum Gasteiger partial charge on any atom is 0.406 e. The highest BCUT2D eigenvalue weighted by Crippen LogP contribution is 2.22. The Kier molecular flexibility index (Phi) is 7.51. The average molecular weight is 298 g/mol. The molecule has 7 heteroatoms. The van der Waals surface area contributed by atoms with Gasteiger partial charge in [-0.25, -0.2) is 0 Å². The maximum absolute atomic E-state index is 12.5. The van der Waals surface area contributed by atoms with Gasteiger partial charge in [0.1, 0.15) is 6.54 Å². The van der Waals surface area contributed by atoms with Gasteiger partial charge in [0.05, 0.1) is 6.04 Å². The van der Waals surface area contributed by atoms with E-state index in [0.29, 0.717) is 19.6 Å². The lowest BCUT2D eigenvalue weighted by Crippen LogP contribution is -2.52. The second-order valence-corrected chi connectivity index (χ2v) is 5.77. The largest absolute Gasteiger partial charge is 0.406 e. The smallest absolute Gasteiger partial charge is 0.382 e. The van der Waals surface area contributed by atoms with E-state index in [1.807, 2.05) is 0 Å². The fraction of sp³-hybridized carbons (Fsp3) is 0.923. The molecular formula is C13H25F3N2O2. The van der Waals surface area contributed by atoms with E-state index in [1.165, 1.54) is 0 Å². The van der Waals surface area contributed by atoms with Gasteiger partial charge in [0, 0.05) is 19.8 Å². The lowest BCUT2D eigenvalue weighted by molar-refractivity contribution is -0.163. The van der Waals surface area contributed by atoms with Crippen LogP contribution in [0.2, 0.25) is 0 Å². The number of nitrogens with two attached hydrogens (primary N) is 1. The third kappa shape index (κ3) is 7.69. The number of alkyl halides is 3. The number of amides is 1. The summed E-state index contributed by atoms with van der Waals surface area (Å²) < 4.78 is 42.7. The normalized spacial score (nSPS) is 14.2. The van der Waals surface area contributed by atoms with Crippen LogP contribution < -0.4 is 5.73 Å². The third-order valence-corrected chi connectivity index (χ3v) is 2.80. The van der Waals surface area contributed by atoms with Gasteiger partial charge < -0.3 is 15.4 Å². The van der Waals surface area contributed by atoms with Crippen molar-refractivity contribution in [1.29, 1.82) is 0 Å². The van der Waals surface area contributed by atoms with Crippen molar-refractivity contribution < 1.29 is 22.7 Å². The van der Waals surface area contributed by atoms with Gasteiger partial charge in [0.15, 0.2) is 0 Å². The molecule has 2 N–H and O–H groups in total. The Morgan fingerprint density at radius 1 is 1.30 bits per heavy atom. The molecule has 0 aliphatic heterocycles. The molecule has 0 saturated carbocycles. The highest BCUT2D eigenvalue weighted by Gasteiger charge is 2.37. The van der Waals surface area contributed by atoms with Crippen LogP contribution in [0.4, 0.5) is 13.2 Å². The van der Waals surface area contributed by atoms with Gasteiger partial charge in [-0.1, -0.05) is 20.8 Å². The molecule has 0 spiro atoms. The Hall–Kier alpha value is -0.820. The molecule has 4 nitrogen and oxygen atoms in total. The maximum atomic E-state index is 12.5. The molecule has 0 heterocycles. The van der Waals surface area contributed by atoms with Gasteiger partial charge in [-0.05, 0) is 18.8 Å². The molecule has 1 unspecified atom stereocenters. The fourth-order valence-corrected chi connectivity index (χ4v) is 1.55. The van der Waals surface area contributed by atoms with Crippen molar-refractivity contribution >= 4 is 5.91 Å². The summed E-state index contributed by atoms with van der Waals surface area (Å²) in [5, 5.41) is 0.